The third kappa shape index (κ3) is 4.31. The average molecular weight is 325 g/mol. The van der Waals surface area contributed by atoms with Crippen LogP contribution in [0, 0.1) is 13.8 Å². The van der Waals surface area contributed by atoms with E-state index in [0.717, 1.165) is 31.5 Å². The molecule has 0 saturated carbocycles. The Balaban J connectivity index is 1.50. The van der Waals surface area contributed by atoms with Crippen molar-refractivity contribution in [3.05, 3.63) is 53.5 Å². The van der Waals surface area contributed by atoms with E-state index in [2.05, 4.69) is 16.0 Å². The minimum atomic E-state index is 0.113. The number of amides is 1. The Labute approximate surface area is 142 Å². The van der Waals surface area contributed by atoms with E-state index in [1.807, 2.05) is 36.9 Å². The molecule has 0 bridgehead atoms. The van der Waals surface area contributed by atoms with Gasteiger partial charge in [0.05, 0.1) is 6.42 Å². The van der Waals surface area contributed by atoms with Crippen molar-refractivity contribution in [2.75, 3.05) is 13.1 Å². The molecule has 1 saturated heterocycles. The van der Waals surface area contributed by atoms with Gasteiger partial charge in [-0.3, -0.25) is 4.79 Å². The lowest BCUT2D eigenvalue weighted by atomic mass is 10.0. The van der Waals surface area contributed by atoms with Crippen molar-refractivity contribution < 1.29 is 9.53 Å². The standard InChI is InChI=1S/C19H23N3O2/c1-14-4-3-5-16(12-14)13-19(23)22-10-7-17(8-11-22)24-18-6-9-20-15(2)21-18/h3-6,9,12,17H,7-8,10-11,13H2,1-2H3. The van der Waals surface area contributed by atoms with Gasteiger partial charge in [0, 0.05) is 38.2 Å². The fourth-order valence-corrected chi connectivity index (χ4v) is 3.00. The predicted molar refractivity (Wildman–Crippen MR) is 91.9 cm³/mol. The lowest BCUT2D eigenvalue weighted by Crippen LogP contribution is -2.42. The van der Waals surface area contributed by atoms with Crippen molar-refractivity contribution in [1.29, 1.82) is 0 Å². The highest BCUT2D eigenvalue weighted by Crippen LogP contribution is 2.18. The van der Waals surface area contributed by atoms with Crippen LogP contribution in [0.2, 0.25) is 0 Å². The van der Waals surface area contributed by atoms with Crippen molar-refractivity contribution >= 4 is 5.91 Å². The van der Waals surface area contributed by atoms with E-state index in [9.17, 15) is 4.79 Å². The summed E-state index contributed by atoms with van der Waals surface area (Å²) in [5.74, 6) is 1.52. The number of likely N-dealkylation sites (tertiary alicyclic amines) is 1. The molecule has 0 atom stereocenters. The quantitative estimate of drug-likeness (QED) is 0.867. The number of rotatable bonds is 4. The number of ether oxygens (including phenoxy) is 1. The molecule has 5 nitrogen and oxygen atoms in total. The maximum Gasteiger partial charge on any atom is 0.226 e. The second-order valence-corrected chi connectivity index (χ2v) is 6.31. The monoisotopic (exact) mass is 325 g/mol. The highest BCUT2D eigenvalue weighted by Gasteiger charge is 2.24. The van der Waals surface area contributed by atoms with Crippen LogP contribution in [0.25, 0.3) is 0 Å². The van der Waals surface area contributed by atoms with Gasteiger partial charge in [-0.15, -0.1) is 0 Å². The van der Waals surface area contributed by atoms with Crippen molar-refractivity contribution in [1.82, 2.24) is 14.9 Å². The van der Waals surface area contributed by atoms with Crippen LogP contribution >= 0.6 is 0 Å². The van der Waals surface area contributed by atoms with Gasteiger partial charge < -0.3 is 9.64 Å². The number of aromatic nitrogens is 2. The first-order valence-electron chi connectivity index (χ1n) is 8.40. The number of piperidine rings is 1. The minimum absolute atomic E-state index is 0.113. The maximum absolute atomic E-state index is 12.5. The molecule has 5 heteroatoms. The molecule has 0 spiro atoms. The molecule has 1 aromatic carbocycles. The number of carbonyl (C=O) groups excluding carboxylic acids is 1. The number of aryl methyl sites for hydroxylation is 2. The smallest absolute Gasteiger partial charge is 0.226 e. The lowest BCUT2D eigenvalue weighted by Gasteiger charge is -2.32. The predicted octanol–water partition coefficient (Wildman–Crippen LogP) is 2.71. The van der Waals surface area contributed by atoms with E-state index in [4.69, 9.17) is 4.74 Å². The van der Waals surface area contributed by atoms with Crippen LogP contribution in [0.4, 0.5) is 0 Å². The Morgan fingerprint density at radius 1 is 1.25 bits per heavy atom. The minimum Gasteiger partial charge on any atom is -0.474 e. The molecule has 2 heterocycles. The van der Waals surface area contributed by atoms with E-state index >= 15 is 0 Å². The zero-order chi connectivity index (χ0) is 16.9. The second kappa shape index (κ2) is 7.43. The Hall–Kier alpha value is -2.43. The highest BCUT2D eigenvalue weighted by molar-refractivity contribution is 5.78. The molecule has 1 aliphatic heterocycles. The third-order valence-electron chi connectivity index (χ3n) is 4.27. The van der Waals surface area contributed by atoms with Crippen LogP contribution in [0.5, 0.6) is 5.88 Å². The van der Waals surface area contributed by atoms with Crippen LogP contribution in [-0.2, 0) is 11.2 Å². The summed E-state index contributed by atoms with van der Waals surface area (Å²) >= 11 is 0. The zero-order valence-electron chi connectivity index (χ0n) is 14.2. The zero-order valence-corrected chi connectivity index (χ0v) is 14.2. The van der Waals surface area contributed by atoms with Gasteiger partial charge in [0.2, 0.25) is 11.8 Å². The number of benzene rings is 1. The first-order valence-corrected chi connectivity index (χ1v) is 8.40. The largest absolute Gasteiger partial charge is 0.474 e. The van der Waals surface area contributed by atoms with Gasteiger partial charge in [0.1, 0.15) is 11.9 Å². The lowest BCUT2D eigenvalue weighted by molar-refractivity contribution is -0.132. The first-order chi connectivity index (χ1) is 11.6. The second-order valence-electron chi connectivity index (χ2n) is 6.31. The molecule has 0 N–H and O–H groups in total. The molecule has 2 aromatic rings. The van der Waals surface area contributed by atoms with Crippen LogP contribution in [0.3, 0.4) is 0 Å². The maximum atomic E-state index is 12.5. The van der Waals surface area contributed by atoms with Crippen LogP contribution in [-0.4, -0.2) is 40.0 Å². The molecule has 126 valence electrons. The van der Waals surface area contributed by atoms with Gasteiger partial charge in [0.25, 0.3) is 0 Å². The number of nitrogens with zero attached hydrogens (tertiary/aromatic N) is 3. The van der Waals surface area contributed by atoms with Gasteiger partial charge in [-0.2, -0.15) is 4.98 Å². The fourth-order valence-electron chi connectivity index (χ4n) is 3.00. The molecule has 0 aliphatic carbocycles. The average Bonchev–Trinajstić information content (AvgIpc) is 2.55. The summed E-state index contributed by atoms with van der Waals surface area (Å²) in [5.41, 5.74) is 2.27. The molecule has 0 radical (unpaired) electrons. The molecule has 24 heavy (non-hydrogen) atoms. The van der Waals surface area contributed by atoms with Gasteiger partial charge >= 0.3 is 0 Å². The molecule has 1 aromatic heterocycles. The van der Waals surface area contributed by atoms with Crippen molar-refractivity contribution in [2.45, 2.75) is 39.2 Å². The summed E-state index contributed by atoms with van der Waals surface area (Å²) in [5, 5.41) is 0. The van der Waals surface area contributed by atoms with Gasteiger partial charge in [0.15, 0.2) is 0 Å². The third-order valence-corrected chi connectivity index (χ3v) is 4.27. The van der Waals surface area contributed by atoms with Crippen LogP contribution in [0.15, 0.2) is 36.5 Å². The summed E-state index contributed by atoms with van der Waals surface area (Å²) in [7, 11) is 0. The van der Waals surface area contributed by atoms with Gasteiger partial charge in [-0.1, -0.05) is 29.8 Å². The van der Waals surface area contributed by atoms with Crippen molar-refractivity contribution in [3.63, 3.8) is 0 Å². The number of hydrogen-bond donors (Lipinski definition) is 0. The van der Waals surface area contributed by atoms with E-state index in [0.29, 0.717) is 18.1 Å². The topological polar surface area (TPSA) is 55.3 Å². The molecular weight excluding hydrogens is 302 g/mol. The molecule has 3 rings (SSSR count). The summed E-state index contributed by atoms with van der Waals surface area (Å²) in [6.07, 6.45) is 3.96. The van der Waals surface area contributed by atoms with E-state index < -0.39 is 0 Å². The Morgan fingerprint density at radius 3 is 2.75 bits per heavy atom. The highest BCUT2D eigenvalue weighted by atomic mass is 16.5. The van der Waals surface area contributed by atoms with E-state index in [-0.39, 0.29) is 12.0 Å². The molecule has 1 aliphatic rings. The summed E-state index contributed by atoms with van der Waals surface area (Å²) < 4.78 is 5.91. The SMILES string of the molecule is Cc1cccc(CC(=O)N2CCC(Oc3ccnc(C)n3)CC2)c1. The normalized spacial score (nSPS) is 15.3. The van der Waals surface area contributed by atoms with Gasteiger partial charge in [-0.05, 0) is 19.4 Å². The molecule has 1 amide bonds. The molecule has 0 unspecified atom stereocenters. The number of carbonyl (C=O) groups is 1. The Kier molecular flexibility index (Phi) is 5.08. The first kappa shape index (κ1) is 16.4. The summed E-state index contributed by atoms with van der Waals surface area (Å²) in [6, 6.07) is 9.92. The summed E-state index contributed by atoms with van der Waals surface area (Å²) in [4.78, 5) is 22.7. The Bertz CT molecular complexity index is 709. The van der Waals surface area contributed by atoms with E-state index in [1.54, 1.807) is 12.3 Å². The summed E-state index contributed by atoms with van der Waals surface area (Å²) in [6.45, 7) is 5.36. The van der Waals surface area contributed by atoms with Crippen molar-refractivity contribution in [3.8, 4) is 5.88 Å². The van der Waals surface area contributed by atoms with E-state index in [1.165, 1.54) is 5.56 Å². The Morgan fingerprint density at radius 2 is 2.04 bits per heavy atom. The molecule has 1 fully saturated rings. The fraction of sp³-hybridized carbons (Fsp3) is 0.421. The van der Waals surface area contributed by atoms with Crippen LogP contribution in [0.1, 0.15) is 29.8 Å². The van der Waals surface area contributed by atoms with Crippen molar-refractivity contribution in [2.24, 2.45) is 0 Å². The van der Waals surface area contributed by atoms with Gasteiger partial charge in [-0.25, -0.2) is 4.98 Å². The van der Waals surface area contributed by atoms with Crippen LogP contribution < -0.4 is 4.74 Å². The molecular formula is C19H23N3O2. The number of hydrogen-bond acceptors (Lipinski definition) is 4.